The van der Waals surface area contributed by atoms with Crippen LogP contribution in [-0.4, -0.2) is 60.2 Å². The number of thioether (sulfide) groups is 1. The predicted octanol–water partition coefficient (Wildman–Crippen LogP) is 2.19. The second-order valence-electron chi connectivity index (χ2n) is 6.84. The van der Waals surface area contributed by atoms with Crippen LogP contribution in [-0.2, 0) is 14.8 Å². The Bertz CT molecular complexity index is 934. The van der Waals surface area contributed by atoms with Crippen LogP contribution in [0.15, 0.2) is 11.4 Å². The number of nitrogens with zero attached hydrogens (tertiary/aromatic N) is 3. The SMILES string of the molecule is Cc1sc2ncnc(SCC(=O)NCC3CCN(S(C)(=O)=O)CC3)c2c1C. The quantitative estimate of drug-likeness (QED) is 0.560. The zero-order chi connectivity index (χ0) is 19.6. The van der Waals surface area contributed by atoms with Crippen LogP contribution < -0.4 is 5.32 Å². The molecule has 7 nitrogen and oxygen atoms in total. The zero-order valence-electron chi connectivity index (χ0n) is 15.7. The molecule has 1 aliphatic rings. The molecule has 10 heteroatoms. The average Bonchev–Trinajstić information content (AvgIpc) is 2.92. The van der Waals surface area contributed by atoms with Crippen LogP contribution in [0.5, 0.6) is 0 Å². The second-order valence-corrected chi connectivity index (χ2v) is 11.0. The Labute approximate surface area is 168 Å². The van der Waals surface area contributed by atoms with Gasteiger partial charge >= 0.3 is 0 Å². The highest BCUT2D eigenvalue weighted by atomic mass is 32.2. The number of sulfonamides is 1. The summed E-state index contributed by atoms with van der Waals surface area (Å²) in [7, 11) is -3.11. The summed E-state index contributed by atoms with van der Waals surface area (Å²) in [5.41, 5.74) is 1.18. The fraction of sp³-hybridized carbons (Fsp3) is 0.588. The standard InChI is InChI=1S/C17H24N4O3S3/c1-11-12(2)26-17-15(11)16(19-10-20-17)25-9-14(22)18-8-13-4-6-21(7-5-13)27(3,23)24/h10,13H,4-9H2,1-3H3,(H,18,22). The number of nitrogens with one attached hydrogen (secondary N) is 1. The summed E-state index contributed by atoms with van der Waals surface area (Å²) in [4.78, 5) is 23.1. The lowest BCUT2D eigenvalue weighted by Gasteiger charge is -2.30. The molecule has 0 aliphatic carbocycles. The topological polar surface area (TPSA) is 92.3 Å². The minimum Gasteiger partial charge on any atom is -0.355 e. The molecule has 0 radical (unpaired) electrons. The van der Waals surface area contributed by atoms with Gasteiger partial charge in [-0.05, 0) is 38.2 Å². The number of hydrogen-bond acceptors (Lipinski definition) is 7. The van der Waals surface area contributed by atoms with Gasteiger partial charge in [-0.15, -0.1) is 11.3 Å². The largest absolute Gasteiger partial charge is 0.355 e. The summed E-state index contributed by atoms with van der Waals surface area (Å²) < 4.78 is 24.6. The van der Waals surface area contributed by atoms with Crippen LogP contribution in [0, 0.1) is 19.8 Å². The van der Waals surface area contributed by atoms with E-state index in [1.807, 2.05) is 0 Å². The molecule has 0 aromatic carbocycles. The molecule has 27 heavy (non-hydrogen) atoms. The number of rotatable bonds is 6. The molecular weight excluding hydrogens is 404 g/mol. The number of carbonyl (C=O) groups excluding carboxylic acids is 1. The third-order valence-electron chi connectivity index (χ3n) is 4.90. The Balaban J connectivity index is 1.49. The molecule has 1 N–H and O–H groups in total. The van der Waals surface area contributed by atoms with Crippen LogP contribution in [0.3, 0.4) is 0 Å². The van der Waals surface area contributed by atoms with Crippen LogP contribution in [0.1, 0.15) is 23.3 Å². The van der Waals surface area contributed by atoms with Crippen molar-refractivity contribution >= 4 is 49.2 Å². The van der Waals surface area contributed by atoms with E-state index in [0.29, 0.717) is 31.3 Å². The maximum Gasteiger partial charge on any atom is 0.230 e. The molecule has 1 saturated heterocycles. The van der Waals surface area contributed by atoms with Crippen molar-refractivity contribution in [1.29, 1.82) is 0 Å². The maximum absolute atomic E-state index is 12.2. The van der Waals surface area contributed by atoms with Crippen LogP contribution in [0.2, 0.25) is 0 Å². The molecule has 0 atom stereocenters. The fourth-order valence-corrected chi connectivity index (χ4v) is 5.97. The molecule has 3 heterocycles. The summed E-state index contributed by atoms with van der Waals surface area (Å²) in [6, 6.07) is 0. The van der Waals surface area contributed by atoms with Gasteiger partial charge in [0.15, 0.2) is 0 Å². The lowest BCUT2D eigenvalue weighted by molar-refractivity contribution is -0.118. The van der Waals surface area contributed by atoms with E-state index in [4.69, 9.17) is 0 Å². The van der Waals surface area contributed by atoms with Gasteiger partial charge in [0.05, 0.1) is 12.0 Å². The number of amides is 1. The fourth-order valence-electron chi connectivity index (χ4n) is 3.15. The summed E-state index contributed by atoms with van der Waals surface area (Å²) >= 11 is 3.08. The zero-order valence-corrected chi connectivity index (χ0v) is 18.1. The number of aromatic nitrogens is 2. The highest BCUT2D eigenvalue weighted by molar-refractivity contribution is 8.00. The van der Waals surface area contributed by atoms with Gasteiger partial charge in [0.2, 0.25) is 15.9 Å². The lowest BCUT2D eigenvalue weighted by atomic mass is 9.98. The molecule has 0 unspecified atom stereocenters. The number of carbonyl (C=O) groups is 1. The first kappa shape index (κ1) is 20.5. The Morgan fingerprint density at radius 3 is 2.70 bits per heavy atom. The first-order chi connectivity index (χ1) is 12.8. The second kappa shape index (κ2) is 8.42. The van der Waals surface area contributed by atoms with E-state index in [0.717, 1.165) is 28.1 Å². The normalized spacial score (nSPS) is 16.7. The van der Waals surface area contributed by atoms with Gasteiger partial charge in [-0.25, -0.2) is 22.7 Å². The lowest BCUT2D eigenvalue weighted by Crippen LogP contribution is -2.41. The van der Waals surface area contributed by atoms with E-state index in [2.05, 4.69) is 29.1 Å². The van der Waals surface area contributed by atoms with Gasteiger partial charge in [0.1, 0.15) is 16.2 Å². The van der Waals surface area contributed by atoms with Gasteiger partial charge in [-0.2, -0.15) is 0 Å². The molecule has 2 aromatic heterocycles. The van der Waals surface area contributed by atoms with E-state index in [1.54, 1.807) is 17.7 Å². The third-order valence-corrected chi connectivity index (χ3v) is 8.31. The van der Waals surface area contributed by atoms with Crippen molar-refractivity contribution in [2.24, 2.45) is 5.92 Å². The molecule has 3 rings (SSSR count). The van der Waals surface area contributed by atoms with Crippen molar-refractivity contribution in [3.05, 3.63) is 16.8 Å². The smallest absolute Gasteiger partial charge is 0.230 e. The van der Waals surface area contributed by atoms with Crippen molar-refractivity contribution in [3.8, 4) is 0 Å². The van der Waals surface area contributed by atoms with Crippen molar-refractivity contribution in [3.63, 3.8) is 0 Å². The van der Waals surface area contributed by atoms with Crippen LogP contribution >= 0.6 is 23.1 Å². The minimum absolute atomic E-state index is 0.0260. The van der Waals surface area contributed by atoms with Crippen molar-refractivity contribution in [1.82, 2.24) is 19.6 Å². The third kappa shape index (κ3) is 4.98. The molecule has 0 bridgehead atoms. The highest BCUT2D eigenvalue weighted by Gasteiger charge is 2.25. The highest BCUT2D eigenvalue weighted by Crippen LogP contribution is 2.34. The number of aryl methyl sites for hydroxylation is 2. The average molecular weight is 429 g/mol. The van der Waals surface area contributed by atoms with E-state index in [-0.39, 0.29) is 5.91 Å². The van der Waals surface area contributed by atoms with Crippen LogP contribution in [0.25, 0.3) is 10.2 Å². The Hall–Kier alpha value is -1.23. The van der Waals surface area contributed by atoms with E-state index in [1.165, 1.54) is 32.8 Å². The van der Waals surface area contributed by atoms with E-state index in [9.17, 15) is 13.2 Å². The van der Waals surface area contributed by atoms with Crippen molar-refractivity contribution < 1.29 is 13.2 Å². The maximum atomic E-state index is 12.2. The van der Waals surface area contributed by atoms with Gasteiger partial charge in [-0.1, -0.05) is 11.8 Å². The summed E-state index contributed by atoms with van der Waals surface area (Å²) in [6.45, 7) is 5.78. The number of fused-ring (bicyclic) bond motifs is 1. The summed E-state index contributed by atoms with van der Waals surface area (Å²) in [5.74, 6) is 0.606. The molecular formula is C17H24N4O3S3. The monoisotopic (exact) mass is 428 g/mol. The minimum atomic E-state index is -3.11. The Morgan fingerprint density at radius 1 is 1.33 bits per heavy atom. The van der Waals surface area contributed by atoms with Crippen molar-refractivity contribution in [2.75, 3.05) is 31.6 Å². The first-order valence-electron chi connectivity index (χ1n) is 8.81. The molecule has 2 aromatic rings. The van der Waals surface area contributed by atoms with Gasteiger partial charge < -0.3 is 5.32 Å². The summed E-state index contributed by atoms with van der Waals surface area (Å²) in [6.07, 6.45) is 4.35. The molecule has 1 fully saturated rings. The van der Waals surface area contributed by atoms with E-state index >= 15 is 0 Å². The molecule has 0 saturated carbocycles. The predicted molar refractivity (Wildman–Crippen MR) is 110 cm³/mol. The Kier molecular flexibility index (Phi) is 6.39. The van der Waals surface area contributed by atoms with Crippen LogP contribution in [0.4, 0.5) is 0 Å². The first-order valence-corrected chi connectivity index (χ1v) is 12.5. The number of piperidine rings is 1. The number of thiophene rings is 1. The summed E-state index contributed by atoms with van der Waals surface area (Å²) in [5, 5.41) is 4.87. The Morgan fingerprint density at radius 2 is 2.04 bits per heavy atom. The molecule has 148 valence electrons. The van der Waals surface area contributed by atoms with Gasteiger partial charge in [0, 0.05) is 29.9 Å². The number of hydrogen-bond donors (Lipinski definition) is 1. The van der Waals surface area contributed by atoms with E-state index < -0.39 is 10.0 Å². The van der Waals surface area contributed by atoms with Crippen molar-refractivity contribution in [2.45, 2.75) is 31.7 Å². The van der Waals surface area contributed by atoms with Gasteiger partial charge in [-0.3, -0.25) is 4.79 Å². The molecule has 1 aliphatic heterocycles. The van der Waals surface area contributed by atoms with Gasteiger partial charge in [0.25, 0.3) is 0 Å². The molecule has 0 spiro atoms. The molecule has 1 amide bonds.